The van der Waals surface area contributed by atoms with Crippen molar-refractivity contribution in [1.82, 2.24) is 15.3 Å². The molecule has 3 aromatic rings. The van der Waals surface area contributed by atoms with Crippen LogP contribution in [-0.4, -0.2) is 23.0 Å². The lowest BCUT2D eigenvalue weighted by Crippen LogP contribution is -2.23. The van der Waals surface area contributed by atoms with Crippen molar-refractivity contribution in [3.05, 3.63) is 77.6 Å². The minimum atomic E-state index is -0.218. The second-order valence-corrected chi connectivity index (χ2v) is 6.00. The molecule has 138 valence electrons. The summed E-state index contributed by atoms with van der Waals surface area (Å²) in [5, 5.41) is 5.98. The Kier molecular flexibility index (Phi) is 5.99. The standard InChI is InChI=1S/C21H22N4O2/c1-3-15-4-8-18(9-5-15)25-21-23-13-17(14-24-21)20(26)22-12-16-6-10-19(27-2)11-7-16/h4-11,13-14H,3,12H2,1-2H3,(H,22,26)(H,23,24,25). The summed E-state index contributed by atoms with van der Waals surface area (Å²) in [6.07, 6.45) is 4.02. The molecule has 0 unspecified atom stereocenters. The number of methoxy groups -OCH3 is 1. The number of rotatable bonds is 7. The molecule has 0 aliphatic rings. The number of carbonyl (C=O) groups is 1. The molecule has 2 aromatic carbocycles. The van der Waals surface area contributed by atoms with Crippen molar-refractivity contribution in [3.63, 3.8) is 0 Å². The lowest BCUT2D eigenvalue weighted by atomic mass is 10.1. The van der Waals surface area contributed by atoms with Crippen LogP contribution in [0.5, 0.6) is 5.75 Å². The molecular formula is C21H22N4O2. The van der Waals surface area contributed by atoms with Gasteiger partial charge in [-0.25, -0.2) is 9.97 Å². The third-order valence-corrected chi connectivity index (χ3v) is 4.14. The maximum absolute atomic E-state index is 12.2. The summed E-state index contributed by atoms with van der Waals surface area (Å²) in [4.78, 5) is 20.7. The quantitative estimate of drug-likeness (QED) is 0.670. The maximum atomic E-state index is 12.2. The predicted molar refractivity (Wildman–Crippen MR) is 105 cm³/mol. The maximum Gasteiger partial charge on any atom is 0.254 e. The van der Waals surface area contributed by atoms with Crippen LogP contribution in [0.15, 0.2) is 60.9 Å². The zero-order valence-corrected chi connectivity index (χ0v) is 15.4. The average molecular weight is 362 g/mol. The van der Waals surface area contributed by atoms with Crippen LogP contribution in [0.3, 0.4) is 0 Å². The van der Waals surface area contributed by atoms with E-state index in [0.717, 1.165) is 23.4 Å². The minimum absolute atomic E-state index is 0.218. The smallest absolute Gasteiger partial charge is 0.254 e. The number of aromatic nitrogens is 2. The normalized spacial score (nSPS) is 10.3. The number of anilines is 2. The van der Waals surface area contributed by atoms with Gasteiger partial charge in [0.1, 0.15) is 5.75 Å². The number of amides is 1. The monoisotopic (exact) mass is 362 g/mol. The van der Waals surface area contributed by atoms with Crippen LogP contribution in [0.4, 0.5) is 11.6 Å². The van der Waals surface area contributed by atoms with Gasteiger partial charge in [-0.1, -0.05) is 31.2 Å². The third kappa shape index (κ3) is 5.04. The molecule has 0 aliphatic carbocycles. The number of aryl methyl sites for hydroxylation is 1. The highest BCUT2D eigenvalue weighted by Crippen LogP contribution is 2.14. The van der Waals surface area contributed by atoms with Gasteiger partial charge in [0.2, 0.25) is 5.95 Å². The van der Waals surface area contributed by atoms with Crippen molar-refractivity contribution in [2.24, 2.45) is 0 Å². The first kappa shape index (κ1) is 18.4. The Morgan fingerprint density at radius 2 is 1.59 bits per heavy atom. The number of nitrogens with one attached hydrogen (secondary N) is 2. The highest BCUT2D eigenvalue weighted by molar-refractivity contribution is 5.93. The van der Waals surface area contributed by atoms with Gasteiger partial charge < -0.3 is 15.4 Å². The van der Waals surface area contributed by atoms with Gasteiger partial charge in [-0.05, 0) is 41.8 Å². The Morgan fingerprint density at radius 3 is 2.19 bits per heavy atom. The van der Waals surface area contributed by atoms with E-state index in [2.05, 4.69) is 39.7 Å². The molecule has 0 fully saturated rings. The average Bonchev–Trinajstić information content (AvgIpc) is 2.73. The van der Waals surface area contributed by atoms with Gasteiger partial charge in [0.05, 0.1) is 12.7 Å². The fourth-order valence-electron chi connectivity index (χ4n) is 2.49. The van der Waals surface area contributed by atoms with E-state index in [1.807, 2.05) is 36.4 Å². The molecule has 2 N–H and O–H groups in total. The number of ether oxygens (including phenoxy) is 1. The van der Waals surface area contributed by atoms with Gasteiger partial charge in [0.25, 0.3) is 5.91 Å². The summed E-state index contributed by atoms with van der Waals surface area (Å²) in [5.41, 5.74) is 3.57. The first-order valence-corrected chi connectivity index (χ1v) is 8.77. The first-order chi connectivity index (χ1) is 13.2. The first-order valence-electron chi connectivity index (χ1n) is 8.77. The van der Waals surface area contributed by atoms with Crippen molar-refractivity contribution in [2.45, 2.75) is 19.9 Å². The number of carbonyl (C=O) groups excluding carboxylic acids is 1. The molecule has 1 aromatic heterocycles. The number of hydrogen-bond donors (Lipinski definition) is 2. The molecule has 3 rings (SSSR count). The van der Waals surface area contributed by atoms with Gasteiger partial charge >= 0.3 is 0 Å². The van der Waals surface area contributed by atoms with Crippen LogP contribution >= 0.6 is 0 Å². The lowest BCUT2D eigenvalue weighted by molar-refractivity contribution is 0.0950. The van der Waals surface area contributed by atoms with Crippen molar-refractivity contribution >= 4 is 17.5 Å². The number of nitrogens with zero attached hydrogens (tertiary/aromatic N) is 2. The minimum Gasteiger partial charge on any atom is -0.497 e. The largest absolute Gasteiger partial charge is 0.497 e. The summed E-state index contributed by atoms with van der Waals surface area (Å²) in [6.45, 7) is 2.54. The summed E-state index contributed by atoms with van der Waals surface area (Å²) in [5.74, 6) is 1.02. The second-order valence-electron chi connectivity index (χ2n) is 6.00. The Labute approximate surface area is 158 Å². The van der Waals surface area contributed by atoms with Crippen molar-refractivity contribution in [3.8, 4) is 5.75 Å². The zero-order chi connectivity index (χ0) is 19.1. The van der Waals surface area contributed by atoms with E-state index in [0.29, 0.717) is 18.1 Å². The molecule has 6 nitrogen and oxygen atoms in total. The van der Waals surface area contributed by atoms with Crippen LogP contribution in [0.1, 0.15) is 28.4 Å². The van der Waals surface area contributed by atoms with E-state index in [1.165, 1.54) is 18.0 Å². The van der Waals surface area contributed by atoms with E-state index in [1.54, 1.807) is 7.11 Å². The fraction of sp³-hybridized carbons (Fsp3) is 0.190. The number of benzene rings is 2. The van der Waals surface area contributed by atoms with E-state index in [9.17, 15) is 4.79 Å². The van der Waals surface area contributed by atoms with E-state index < -0.39 is 0 Å². The van der Waals surface area contributed by atoms with Crippen molar-refractivity contribution in [2.75, 3.05) is 12.4 Å². The summed E-state index contributed by atoms with van der Waals surface area (Å²) >= 11 is 0. The summed E-state index contributed by atoms with van der Waals surface area (Å²) < 4.78 is 5.12. The van der Waals surface area contributed by atoms with Crippen molar-refractivity contribution < 1.29 is 9.53 Å². The zero-order valence-electron chi connectivity index (χ0n) is 15.4. The van der Waals surface area contributed by atoms with E-state index in [-0.39, 0.29) is 5.91 Å². The molecule has 6 heteroatoms. The van der Waals surface area contributed by atoms with Crippen molar-refractivity contribution in [1.29, 1.82) is 0 Å². The Morgan fingerprint density at radius 1 is 0.963 bits per heavy atom. The van der Waals surface area contributed by atoms with Gasteiger partial charge in [0, 0.05) is 24.6 Å². The van der Waals surface area contributed by atoms with Gasteiger partial charge in [-0.2, -0.15) is 0 Å². The molecule has 0 aliphatic heterocycles. The van der Waals surface area contributed by atoms with Gasteiger partial charge in [0.15, 0.2) is 0 Å². The van der Waals surface area contributed by atoms with Crippen LogP contribution in [0, 0.1) is 0 Å². The van der Waals surface area contributed by atoms with E-state index in [4.69, 9.17) is 4.74 Å². The molecule has 0 saturated heterocycles. The Balaban J connectivity index is 1.55. The molecular weight excluding hydrogens is 340 g/mol. The Hall–Kier alpha value is -3.41. The number of hydrogen-bond acceptors (Lipinski definition) is 5. The van der Waals surface area contributed by atoms with E-state index >= 15 is 0 Å². The molecule has 1 heterocycles. The molecule has 0 bridgehead atoms. The van der Waals surface area contributed by atoms with Gasteiger partial charge in [-0.15, -0.1) is 0 Å². The van der Waals surface area contributed by atoms with Crippen LogP contribution in [0.2, 0.25) is 0 Å². The second kappa shape index (κ2) is 8.80. The molecule has 0 spiro atoms. The molecule has 0 atom stereocenters. The van der Waals surface area contributed by atoms with Crippen LogP contribution in [-0.2, 0) is 13.0 Å². The molecule has 0 saturated carbocycles. The summed E-state index contributed by atoms with van der Waals surface area (Å²) in [6, 6.07) is 15.6. The highest BCUT2D eigenvalue weighted by atomic mass is 16.5. The third-order valence-electron chi connectivity index (χ3n) is 4.14. The molecule has 27 heavy (non-hydrogen) atoms. The topological polar surface area (TPSA) is 76.1 Å². The molecule has 0 radical (unpaired) electrons. The summed E-state index contributed by atoms with van der Waals surface area (Å²) in [7, 11) is 1.62. The lowest BCUT2D eigenvalue weighted by Gasteiger charge is -2.08. The molecule has 1 amide bonds. The SMILES string of the molecule is CCc1ccc(Nc2ncc(C(=O)NCc3ccc(OC)cc3)cn2)cc1. The predicted octanol–water partition coefficient (Wildman–Crippen LogP) is 3.72. The Bertz CT molecular complexity index is 876. The van der Waals surface area contributed by atoms with Gasteiger partial charge in [-0.3, -0.25) is 4.79 Å². The fourth-order valence-corrected chi connectivity index (χ4v) is 2.49. The highest BCUT2D eigenvalue weighted by Gasteiger charge is 2.07. The van der Waals surface area contributed by atoms with Crippen LogP contribution < -0.4 is 15.4 Å². The van der Waals surface area contributed by atoms with Crippen LogP contribution in [0.25, 0.3) is 0 Å².